The van der Waals surface area contributed by atoms with Crippen molar-refractivity contribution in [2.75, 3.05) is 0 Å². The van der Waals surface area contributed by atoms with Gasteiger partial charge in [-0.25, -0.2) is 9.97 Å². The second kappa shape index (κ2) is 9.10. The first kappa shape index (κ1) is 23.4. The van der Waals surface area contributed by atoms with Gasteiger partial charge in [0.05, 0.1) is 11.0 Å². The van der Waals surface area contributed by atoms with Gasteiger partial charge in [0.1, 0.15) is 16.0 Å². The van der Waals surface area contributed by atoms with Crippen molar-refractivity contribution in [1.29, 1.82) is 0 Å². The van der Waals surface area contributed by atoms with Gasteiger partial charge in [-0.3, -0.25) is 4.57 Å². The molecule has 0 unspecified atom stereocenters. The Kier molecular flexibility index (Phi) is 5.07. The van der Waals surface area contributed by atoms with Gasteiger partial charge in [0.15, 0.2) is 5.82 Å². The molecule has 4 heteroatoms. The van der Waals surface area contributed by atoms with E-state index < -0.39 is 0 Å². The lowest BCUT2D eigenvalue weighted by molar-refractivity contribution is 1.09. The number of thiophene rings is 1. The summed E-state index contributed by atoms with van der Waals surface area (Å²) in [5.41, 5.74) is 7.46. The molecule has 0 amide bonds. The lowest BCUT2D eigenvalue weighted by atomic mass is 10.0. The zero-order valence-electron chi connectivity index (χ0n) is 22.5. The molecule has 0 aliphatic rings. The van der Waals surface area contributed by atoms with Gasteiger partial charge in [0.25, 0.3) is 0 Å². The summed E-state index contributed by atoms with van der Waals surface area (Å²) in [7, 11) is 0. The molecule has 196 valence electrons. The van der Waals surface area contributed by atoms with Crippen molar-refractivity contribution in [3.63, 3.8) is 0 Å². The minimum absolute atomic E-state index is 0.845. The summed E-state index contributed by atoms with van der Waals surface area (Å²) in [6, 6.07) is 49.5. The van der Waals surface area contributed by atoms with E-state index in [0.29, 0.717) is 0 Å². The van der Waals surface area contributed by atoms with Gasteiger partial charge in [-0.15, -0.1) is 11.3 Å². The van der Waals surface area contributed by atoms with E-state index in [1.165, 1.54) is 31.8 Å². The number of para-hydroxylation sites is 1. The van der Waals surface area contributed by atoms with E-state index in [1.807, 2.05) is 0 Å². The standard InChI is InChI=1S/C38H23N3S/c1-2-11-24(12-3-1)25-15-10-16-28(21-25)35-37(39-36-30-18-7-9-20-34(30)42-38(36)40-35)41-32-19-8-6-17-29(32)31-22-26-13-4-5-14-27(26)23-33(31)41/h1-23H. The molecule has 0 radical (unpaired) electrons. The zero-order valence-corrected chi connectivity index (χ0v) is 23.3. The second-order valence-electron chi connectivity index (χ2n) is 10.7. The first-order valence-electron chi connectivity index (χ1n) is 14.1. The molecule has 3 nitrogen and oxygen atoms in total. The first-order chi connectivity index (χ1) is 20.8. The molecule has 0 fully saturated rings. The van der Waals surface area contributed by atoms with Crippen molar-refractivity contribution in [2.45, 2.75) is 0 Å². The third-order valence-corrected chi connectivity index (χ3v) is 9.24. The average Bonchev–Trinajstić information content (AvgIpc) is 3.58. The molecular formula is C38H23N3S. The Bertz CT molecular complexity index is 2470. The van der Waals surface area contributed by atoms with E-state index in [0.717, 1.165) is 49.4 Å². The van der Waals surface area contributed by atoms with Crippen molar-refractivity contribution >= 4 is 64.3 Å². The summed E-state index contributed by atoms with van der Waals surface area (Å²) < 4.78 is 3.52. The van der Waals surface area contributed by atoms with Crippen LogP contribution in [0.1, 0.15) is 0 Å². The van der Waals surface area contributed by atoms with E-state index in [-0.39, 0.29) is 0 Å². The first-order valence-corrected chi connectivity index (χ1v) is 14.9. The molecule has 6 aromatic carbocycles. The lowest BCUT2D eigenvalue weighted by Gasteiger charge is -2.14. The molecule has 9 rings (SSSR count). The Hall–Kier alpha value is -5.32. The average molecular weight is 554 g/mol. The number of nitrogens with zero attached hydrogens (tertiary/aromatic N) is 3. The summed E-state index contributed by atoms with van der Waals surface area (Å²) in [5.74, 6) is 0.845. The van der Waals surface area contributed by atoms with Gasteiger partial charge in [-0.05, 0) is 52.2 Å². The van der Waals surface area contributed by atoms with Gasteiger partial charge in [0.2, 0.25) is 0 Å². The molecular weight excluding hydrogens is 531 g/mol. The van der Waals surface area contributed by atoms with Gasteiger partial charge < -0.3 is 0 Å². The van der Waals surface area contributed by atoms with Crippen molar-refractivity contribution in [2.24, 2.45) is 0 Å². The predicted octanol–water partition coefficient (Wildman–Crippen LogP) is 10.4. The fourth-order valence-electron chi connectivity index (χ4n) is 6.22. The molecule has 0 saturated carbocycles. The van der Waals surface area contributed by atoms with Crippen LogP contribution in [0.4, 0.5) is 0 Å². The number of aromatic nitrogens is 3. The van der Waals surface area contributed by atoms with Crippen LogP contribution >= 0.6 is 11.3 Å². The fraction of sp³-hybridized carbons (Fsp3) is 0. The Balaban J connectivity index is 1.42. The Labute approximate surface area is 246 Å². The van der Waals surface area contributed by atoms with Crippen molar-refractivity contribution in [1.82, 2.24) is 14.5 Å². The van der Waals surface area contributed by atoms with Crippen LogP contribution in [0, 0.1) is 0 Å². The monoisotopic (exact) mass is 553 g/mol. The van der Waals surface area contributed by atoms with Crippen LogP contribution in [0.5, 0.6) is 0 Å². The Morgan fingerprint density at radius 2 is 1.17 bits per heavy atom. The number of hydrogen-bond donors (Lipinski definition) is 0. The molecule has 42 heavy (non-hydrogen) atoms. The van der Waals surface area contributed by atoms with Gasteiger partial charge in [-0.2, -0.15) is 0 Å². The number of benzene rings is 6. The molecule has 0 spiro atoms. The van der Waals surface area contributed by atoms with E-state index in [2.05, 4.69) is 144 Å². The summed E-state index contributed by atoms with van der Waals surface area (Å²) in [4.78, 5) is 11.8. The zero-order chi connectivity index (χ0) is 27.6. The maximum Gasteiger partial charge on any atom is 0.165 e. The normalized spacial score (nSPS) is 11.8. The minimum Gasteiger partial charge on any atom is -0.292 e. The summed E-state index contributed by atoms with van der Waals surface area (Å²) in [6.45, 7) is 0. The van der Waals surface area contributed by atoms with E-state index in [4.69, 9.17) is 9.97 Å². The SMILES string of the molecule is c1ccc(-c2cccc(-c3nc4sc5ccccc5c4nc3-n3c4ccccc4c4cc5ccccc5cc43)c2)cc1. The Morgan fingerprint density at radius 1 is 0.476 bits per heavy atom. The Morgan fingerprint density at radius 3 is 2.05 bits per heavy atom. The fourth-order valence-corrected chi connectivity index (χ4v) is 7.24. The molecule has 0 aliphatic carbocycles. The second-order valence-corrected chi connectivity index (χ2v) is 11.7. The van der Waals surface area contributed by atoms with Gasteiger partial charge in [-0.1, -0.05) is 109 Å². The van der Waals surface area contributed by atoms with Crippen LogP contribution in [0.15, 0.2) is 140 Å². The summed E-state index contributed by atoms with van der Waals surface area (Å²) in [6.07, 6.45) is 0. The summed E-state index contributed by atoms with van der Waals surface area (Å²) >= 11 is 1.70. The maximum atomic E-state index is 5.48. The van der Waals surface area contributed by atoms with Crippen LogP contribution < -0.4 is 0 Å². The van der Waals surface area contributed by atoms with Gasteiger partial charge >= 0.3 is 0 Å². The molecule has 0 bridgehead atoms. The van der Waals surface area contributed by atoms with Crippen LogP contribution in [-0.2, 0) is 0 Å². The van der Waals surface area contributed by atoms with Crippen molar-refractivity contribution in [3.8, 4) is 28.2 Å². The van der Waals surface area contributed by atoms with Crippen LogP contribution in [0.2, 0.25) is 0 Å². The largest absolute Gasteiger partial charge is 0.292 e. The third kappa shape index (κ3) is 3.52. The molecule has 0 aliphatic heterocycles. The highest BCUT2D eigenvalue weighted by molar-refractivity contribution is 7.25. The molecule has 0 atom stereocenters. The highest BCUT2D eigenvalue weighted by atomic mass is 32.1. The lowest BCUT2D eigenvalue weighted by Crippen LogP contribution is -2.03. The van der Waals surface area contributed by atoms with Crippen LogP contribution in [0.3, 0.4) is 0 Å². The topological polar surface area (TPSA) is 30.7 Å². The molecule has 9 aromatic rings. The van der Waals surface area contributed by atoms with Crippen molar-refractivity contribution in [3.05, 3.63) is 140 Å². The smallest absolute Gasteiger partial charge is 0.165 e. The van der Waals surface area contributed by atoms with Crippen molar-refractivity contribution < 1.29 is 0 Å². The van der Waals surface area contributed by atoms with Crippen LogP contribution in [-0.4, -0.2) is 14.5 Å². The maximum absolute atomic E-state index is 5.48. The summed E-state index contributed by atoms with van der Waals surface area (Å²) in [5, 5.41) is 6.00. The highest BCUT2D eigenvalue weighted by Gasteiger charge is 2.21. The van der Waals surface area contributed by atoms with E-state index in [9.17, 15) is 0 Å². The molecule has 0 N–H and O–H groups in total. The molecule has 3 heterocycles. The number of hydrogen-bond acceptors (Lipinski definition) is 3. The predicted molar refractivity (Wildman–Crippen MR) is 178 cm³/mol. The van der Waals surface area contributed by atoms with Crippen LogP contribution in [0.25, 0.3) is 81.2 Å². The molecule has 3 aromatic heterocycles. The molecule has 0 saturated heterocycles. The minimum atomic E-state index is 0.845. The number of rotatable bonds is 3. The highest BCUT2D eigenvalue weighted by Crippen LogP contribution is 2.40. The number of fused-ring (bicyclic) bond motifs is 7. The van der Waals surface area contributed by atoms with E-state index >= 15 is 0 Å². The quantitative estimate of drug-likeness (QED) is 0.218. The van der Waals surface area contributed by atoms with Gasteiger partial charge in [0, 0.05) is 26.4 Å². The third-order valence-electron chi connectivity index (χ3n) is 8.19. The van der Waals surface area contributed by atoms with E-state index in [1.54, 1.807) is 11.3 Å².